The Labute approximate surface area is 171 Å². The van der Waals surface area contributed by atoms with Crippen molar-refractivity contribution < 1.29 is 14.3 Å². The van der Waals surface area contributed by atoms with E-state index in [4.69, 9.17) is 15.2 Å². The smallest absolute Gasteiger partial charge is 0.411 e. The van der Waals surface area contributed by atoms with Crippen LogP contribution in [0.25, 0.3) is 10.2 Å². The fraction of sp³-hybridized carbons (Fsp3) is 0.0909. The molecule has 1 atom stereocenters. The number of fused-ring (bicyclic) bond motifs is 1. The lowest BCUT2D eigenvalue weighted by Gasteiger charge is -2.20. The van der Waals surface area contributed by atoms with Gasteiger partial charge in [-0.25, -0.2) is 9.78 Å². The minimum absolute atomic E-state index is 0.0404. The number of hydrogen-bond donors (Lipinski definition) is 2. The van der Waals surface area contributed by atoms with Gasteiger partial charge in [-0.2, -0.15) is 0 Å². The van der Waals surface area contributed by atoms with Crippen molar-refractivity contribution in [2.45, 2.75) is 6.10 Å². The Morgan fingerprint density at radius 1 is 1.00 bits per heavy atom. The lowest BCUT2D eigenvalue weighted by Crippen LogP contribution is -2.21. The summed E-state index contributed by atoms with van der Waals surface area (Å²) < 4.78 is 12.6. The summed E-state index contributed by atoms with van der Waals surface area (Å²) in [4.78, 5) is 16.6. The number of aromatic nitrogens is 1. The predicted octanol–water partition coefficient (Wildman–Crippen LogP) is 5.25. The molecule has 6 nitrogen and oxygen atoms in total. The van der Waals surface area contributed by atoms with E-state index < -0.39 is 12.2 Å². The molecule has 0 radical (unpaired) electrons. The van der Waals surface area contributed by atoms with Gasteiger partial charge in [0.15, 0.2) is 11.2 Å². The Bertz CT molecular complexity index is 1100. The molecular formula is C22H19N3O3S. The highest BCUT2D eigenvalue weighted by Crippen LogP contribution is 2.33. The number of benzene rings is 3. The van der Waals surface area contributed by atoms with Gasteiger partial charge in [0.2, 0.25) is 0 Å². The molecule has 1 amide bonds. The van der Waals surface area contributed by atoms with Crippen LogP contribution >= 0.6 is 11.3 Å². The molecule has 0 aliphatic carbocycles. The van der Waals surface area contributed by atoms with E-state index in [0.29, 0.717) is 22.1 Å². The van der Waals surface area contributed by atoms with Crippen LogP contribution in [0, 0.1) is 0 Å². The summed E-state index contributed by atoms with van der Waals surface area (Å²) >= 11 is 1.40. The topological polar surface area (TPSA) is 86.5 Å². The van der Waals surface area contributed by atoms with Gasteiger partial charge in [0.1, 0.15) is 17.9 Å². The zero-order valence-electron chi connectivity index (χ0n) is 15.4. The van der Waals surface area contributed by atoms with Gasteiger partial charge in [0.05, 0.1) is 4.70 Å². The molecule has 4 aromatic rings. The third-order valence-electron chi connectivity index (χ3n) is 4.23. The molecule has 0 spiro atoms. The standard InChI is InChI=1S/C22H19N3O3S/c23-21-25-20-17(12-7-13-19(20)29-21)28-18(15-8-3-1-4-9-15)14-27-22(26)24-16-10-5-2-6-11-16/h1-13,18H,14H2,(H2,23,25)(H,24,26). The van der Waals surface area contributed by atoms with Crippen LogP contribution in [0.15, 0.2) is 78.9 Å². The average Bonchev–Trinajstić information content (AvgIpc) is 3.13. The average molecular weight is 405 g/mol. The Hall–Kier alpha value is -3.58. The molecule has 0 aliphatic heterocycles. The number of thiazole rings is 1. The maximum Gasteiger partial charge on any atom is 0.411 e. The fourth-order valence-electron chi connectivity index (χ4n) is 2.88. The molecular weight excluding hydrogens is 386 g/mol. The van der Waals surface area contributed by atoms with E-state index in [2.05, 4.69) is 10.3 Å². The van der Waals surface area contributed by atoms with Crippen molar-refractivity contribution in [1.82, 2.24) is 4.98 Å². The first kappa shape index (κ1) is 18.8. The van der Waals surface area contributed by atoms with E-state index in [9.17, 15) is 4.79 Å². The molecule has 4 rings (SSSR count). The molecule has 146 valence electrons. The summed E-state index contributed by atoms with van der Waals surface area (Å²) in [5, 5.41) is 3.18. The number of ether oxygens (including phenoxy) is 2. The van der Waals surface area contributed by atoms with Crippen molar-refractivity contribution >= 4 is 38.5 Å². The molecule has 0 saturated carbocycles. The highest BCUT2D eigenvalue weighted by molar-refractivity contribution is 7.22. The molecule has 0 bridgehead atoms. The summed E-state index contributed by atoms with van der Waals surface area (Å²) in [5.74, 6) is 0.594. The van der Waals surface area contributed by atoms with Crippen LogP contribution < -0.4 is 15.8 Å². The summed E-state index contributed by atoms with van der Waals surface area (Å²) in [6.07, 6.45) is -1.04. The van der Waals surface area contributed by atoms with Crippen molar-refractivity contribution in [3.05, 3.63) is 84.4 Å². The Morgan fingerprint density at radius 2 is 1.72 bits per heavy atom. The van der Waals surface area contributed by atoms with E-state index in [1.165, 1.54) is 11.3 Å². The molecule has 0 fully saturated rings. The Morgan fingerprint density at radius 3 is 2.48 bits per heavy atom. The SMILES string of the molecule is Nc1nc2c(OC(COC(=O)Nc3ccccc3)c3ccccc3)cccc2s1. The van der Waals surface area contributed by atoms with Crippen molar-refractivity contribution in [3.8, 4) is 5.75 Å². The molecule has 1 heterocycles. The zero-order valence-corrected chi connectivity index (χ0v) is 16.3. The molecule has 1 unspecified atom stereocenters. The number of nitrogens with zero attached hydrogens (tertiary/aromatic N) is 1. The van der Waals surface area contributed by atoms with Crippen molar-refractivity contribution in [2.75, 3.05) is 17.7 Å². The molecule has 0 aliphatic rings. The van der Waals surface area contributed by atoms with Crippen LogP contribution in [0.2, 0.25) is 0 Å². The third kappa shape index (κ3) is 4.64. The van der Waals surface area contributed by atoms with Crippen LogP contribution in [0.5, 0.6) is 5.75 Å². The van der Waals surface area contributed by atoms with Crippen molar-refractivity contribution in [2.24, 2.45) is 0 Å². The normalized spacial score (nSPS) is 11.7. The summed E-state index contributed by atoms with van der Waals surface area (Å²) in [6, 6.07) is 24.4. The van der Waals surface area contributed by atoms with Gasteiger partial charge in [-0.05, 0) is 29.8 Å². The third-order valence-corrected chi connectivity index (χ3v) is 5.07. The number of nitrogen functional groups attached to an aromatic ring is 1. The monoisotopic (exact) mass is 405 g/mol. The first-order valence-corrected chi connectivity index (χ1v) is 9.86. The first-order chi connectivity index (χ1) is 14.2. The van der Waals surface area contributed by atoms with Gasteiger partial charge in [-0.15, -0.1) is 0 Å². The van der Waals surface area contributed by atoms with Gasteiger partial charge in [-0.1, -0.05) is 65.9 Å². The van der Waals surface area contributed by atoms with Gasteiger partial charge >= 0.3 is 6.09 Å². The quantitative estimate of drug-likeness (QED) is 0.458. The zero-order chi connectivity index (χ0) is 20.1. The number of para-hydroxylation sites is 2. The fourth-order valence-corrected chi connectivity index (χ4v) is 3.63. The number of carbonyl (C=O) groups is 1. The summed E-state index contributed by atoms with van der Waals surface area (Å²) in [6.45, 7) is 0.0404. The minimum atomic E-state index is -0.545. The highest BCUT2D eigenvalue weighted by atomic mass is 32.1. The Kier molecular flexibility index (Phi) is 5.58. The van der Waals surface area contributed by atoms with E-state index in [1.54, 1.807) is 12.1 Å². The van der Waals surface area contributed by atoms with E-state index in [0.717, 1.165) is 10.3 Å². The maximum absolute atomic E-state index is 12.2. The lowest BCUT2D eigenvalue weighted by molar-refractivity contribution is 0.0909. The van der Waals surface area contributed by atoms with E-state index >= 15 is 0 Å². The molecule has 0 saturated heterocycles. The lowest BCUT2D eigenvalue weighted by atomic mass is 10.1. The highest BCUT2D eigenvalue weighted by Gasteiger charge is 2.19. The first-order valence-electron chi connectivity index (χ1n) is 9.04. The van der Waals surface area contributed by atoms with Gasteiger partial charge in [0.25, 0.3) is 0 Å². The van der Waals surface area contributed by atoms with Crippen LogP contribution in [-0.2, 0) is 4.74 Å². The van der Waals surface area contributed by atoms with Crippen molar-refractivity contribution in [3.63, 3.8) is 0 Å². The van der Waals surface area contributed by atoms with Gasteiger partial charge < -0.3 is 15.2 Å². The van der Waals surface area contributed by atoms with Gasteiger partial charge in [0, 0.05) is 5.69 Å². The number of nitrogens with two attached hydrogens (primary N) is 1. The second kappa shape index (κ2) is 8.62. The van der Waals surface area contributed by atoms with Crippen molar-refractivity contribution in [1.29, 1.82) is 0 Å². The van der Waals surface area contributed by atoms with Crippen LogP contribution in [0.1, 0.15) is 11.7 Å². The summed E-state index contributed by atoms with van der Waals surface area (Å²) in [5.41, 5.74) is 8.10. The molecule has 29 heavy (non-hydrogen) atoms. The number of nitrogens with one attached hydrogen (secondary N) is 1. The largest absolute Gasteiger partial charge is 0.480 e. The number of rotatable bonds is 6. The maximum atomic E-state index is 12.2. The van der Waals surface area contributed by atoms with E-state index in [-0.39, 0.29) is 6.61 Å². The van der Waals surface area contributed by atoms with Crippen LogP contribution in [0.3, 0.4) is 0 Å². The Balaban J connectivity index is 1.52. The number of carbonyl (C=O) groups excluding carboxylic acids is 1. The molecule has 3 aromatic carbocycles. The van der Waals surface area contributed by atoms with Gasteiger partial charge in [-0.3, -0.25) is 5.32 Å². The second-order valence-corrected chi connectivity index (χ2v) is 7.32. The van der Waals surface area contributed by atoms with Crippen LogP contribution in [0.4, 0.5) is 15.6 Å². The number of anilines is 2. The molecule has 7 heteroatoms. The van der Waals surface area contributed by atoms with Crippen LogP contribution in [-0.4, -0.2) is 17.7 Å². The molecule has 3 N–H and O–H groups in total. The minimum Gasteiger partial charge on any atom is -0.480 e. The second-order valence-electron chi connectivity index (χ2n) is 6.26. The number of hydrogen-bond acceptors (Lipinski definition) is 6. The summed E-state index contributed by atoms with van der Waals surface area (Å²) in [7, 11) is 0. The predicted molar refractivity (Wildman–Crippen MR) is 115 cm³/mol. The number of amides is 1. The van der Waals surface area contributed by atoms with E-state index in [1.807, 2.05) is 66.7 Å². The molecule has 1 aromatic heterocycles.